The summed E-state index contributed by atoms with van der Waals surface area (Å²) >= 11 is 9.28. The molecule has 4 heteroatoms. The number of nitrogens with one attached hydrogen (secondary N) is 1. The van der Waals surface area contributed by atoms with Crippen molar-refractivity contribution >= 4 is 27.5 Å². The third-order valence-electron chi connectivity index (χ3n) is 2.57. The van der Waals surface area contributed by atoms with E-state index in [0.717, 1.165) is 20.6 Å². The molecule has 0 fully saturated rings. The molecule has 1 atom stereocenters. The van der Waals surface area contributed by atoms with E-state index in [9.17, 15) is 0 Å². The van der Waals surface area contributed by atoms with Gasteiger partial charge in [0.1, 0.15) is 0 Å². The van der Waals surface area contributed by atoms with Crippen molar-refractivity contribution in [1.29, 1.82) is 0 Å². The number of nitrogens with two attached hydrogens (primary N) is 1. The van der Waals surface area contributed by atoms with Crippen molar-refractivity contribution in [3.63, 3.8) is 0 Å². The lowest BCUT2D eigenvalue weighted by Gasteiger charge is -2.17. The second-order valence-corrected chi connectivity index (χ2v) is 5.05. The Labute approximate surface area is 114 Å². The molecule has 0 spiro atoms. The van der Waals surface area contributed by atoms with Gasteiger partial charge >= 0.3 is 0 Å². The van der Waals surface area contributed by atoms with E-state index in [2.05, 4.69) is 21.4 Å². The minimum atomic E-state index is -0.0274. The topological polar surface area (TPSA) is 38.0 Å². The molecule has 0 aliphatic heterocycles. The van der Waals surface area contributed by atoms with Gasteiger partial charge in [0.05, 0.1) is 6.04 Å². The molecule has 0 heterocycles. The molecule has 0 radical (unpaired) electrons. The third kappa shape index (κ3) is 3.07. The molecular formula is C13H12BrClN2. The predicted octanol–water partition coefficient (Wildman–Crippen LogP) is 3.66. The van der Waals surface area contributed by atoms with Gasteiger partial charge < -0.3 is 0 Å². The molecule has 0 aromatic heterocycles. The fraction of sp³-hybridized carbons (Fsp3) is 0.0769. The molecule has 0 saturated heterocycles. The lowest BCUT2D eigenvalue weighted by molar-refractivity contribution is 0.637. The first kappa shape index (κ1) is 12.6. The van der Waals surface area contributed by atoms with Gasteiger partial charge in [-0.2, -0.15) is 0 Å². The Morgan fingerprint density at radius 3 is 1.88 bits per heavy atom. The Balaban J connectivity index is 2.33. The zero-order valence-corrected chi connectivity index (χ0v) is 11.4. The van der Waals surface area contributed by atoms with Crippen molar-refractivity contribution in [3.05, 3.63) is 69.2 Å². The molecule has 2 aromatic carbocycles. The SMILES string of the molecule is NNC(c1ccc(Cl)cc1)c1ccc(Br)cc1. The van der Waals surface area contributed by atoms with Crippen LogP contribution in [0.3, 0.4) is 0 Å². The molecule has 0 aliphatic carbocycles. The van der Waals surface area contributed by atoms with E-state index in [1.807, 2.05) is 48.5 Å². The summed E-state index contributed by atoms with van der Waals surface area (Å²) < 4.78 is 1.05. The van der Waals surface area contributed by atoms with Gasteiger partial charge in [-0.1, -0.05) is 51.8 Å². The van der Waals surface area contributed by atoms with Crippen LogP contribution in [0.15, 0.2) is 53.0 Å². The minimum Gasteiger partial charge on any atom is -0.271 e. The van der Waals surface area contributed by atoms with E-state index in [1.54, 1.807) is 0 Å². The Morgan fingerprint density at radius 1 is 0.941 bits per heavy atom. The van der Waals surface area contributed by atoms with Crippen LogP contribution >= 0.6 is 27.5 Å². The van der Waals surface area contributed by atoms with Gasteiger partial charge in [0.15, 0.2) is 0 Å². The first-order valence-corrected chi connectivity index (χ1v) is 6.35. The summed E-state index contributed by atoms with van der Waals surface area (Å²) in [7, 11) is 0. The quantitative estimate of drug-likeness (QED) is 0.670. The normalized spacial score (nSPS) is 12.4. The van der Waals surface area contributed by atoms with E-state index < -0.39 is 0 Å². The predicted molar refractivity (Wildman–Crippen MR) is 74.8 cm³/mol. The number of benzene rings is 2. The van der Waals surface area contributed by atoms with Crippen LogP contribution in [-0.2, 0) is 0 Å². The summed E-state index contributed by atoms with van der Waals surface area (Å²) in [6, 6.07) is 15.7. The van der Waals surface area contributed by atoms with Gasteiger partial charge in [0, 0.05) is 9.50 Å². The Kier molecular flexibility index (Phi) is 4.18. The number of rotatable bonds is 3. The number of halogens is 2. The average Bonchev–Trinajstić information content (AvgIpc) is 2.35. The van der Waals surface area contributed by atoms with Crippen LogP contribution in [0.4, 0.5) is 0 Å². The molecule has 0 saturated carbocycles. The fourth-order valence-electron chi connectivity index (χ4n) is 1.70. The second-order valence-electron chi connectivity index (χ2n) is 3.70. The van der Waals surface area contributed by atoms with Gasteiger partial charge in [-0.25, -0.2) is 5.43 Å². The lowest BCUT2D eigenvalue weighted by atomic mass is 9.99. The molecule has 3 N–H and O–H groups in total. The molecule has 2 rings (SSSR count). The van der Waals surface area contributed by atoms with E-state index in [0.29, 0.717) is 0 Å². The number of hydrazine groups is 1. The van der Waals surface area contributed by atoms with Crippen LogP contribution in [0.2, 0.25) is 5.02 Å². The molecule has 88 valence electrons. The molecular weight excluding hydrogens is 300 g/mol. The summed E-state index contributed by atoms with van der Waals surface area (Å²) in [4.78, 5) is 0. The molecule has 2 aromatic rings. The van der Waals surface area contributed by atoms with Gasteiger partial charge in [-0.05, 0) is 35.4 Å². The molecule has 2 nitrogen and oxygen atoms in total. The highest BCUT2D eigenvalue weighted by atomic mass is 79.9. The molecule has 0 amide bonds. The maximum Gasteiger partial charge on any atom is 0.0710 e. The first-order valence-electron chi connectivity index (χ1n) is 5.18. The monoisotopic (exact) mass is 310 g/mol. The van der Waals surface area contributed by atoms with Crippen molar-refractivity contribution in [2.75, 3.05) is 0 Å². The van der Waals surface area contributed by atoms with Crippen molar-refractivity contribution in [3.8, 4) is 0 Å². The van der Waals surface area contributed by atoms with Gasteiger partial charge in [-0.15, -0.1) is 0 Å². The Morgan fingerprint density at radius 2 is 1.41 bits per heavy atom. The van der Waals surface area contributed by atoms with Crippen molar-refractivity contribution in [1.82, 2.24) is 5.43 Å². The Hall–Kier alpha value is -0.870. The highest BCUT2D eigenvalue weighted by Gasteiger charge is 2.11. The van der Waals surface area contributed by atoms with Crippen LogP contribution in [-0.4, -0.2) is 0 Å². The number of hydrogen-bond acceptors (Lipinski definition) is 2. The maximum absolute atomic E-state index is 5.87. The van der Waals surface area contributed by atoms with Gasteiger partial charge in [0.2, 0.25) is 0 Å². The summed E-state index contributed by atoms with van der Waals surface area (Å²) in [5, 5.41) is 0.723. The first-order chi connectivity index (χ1) is 8.20. The summed E-state index contributed by atoms with van der Waals surface area (Å²) in [6.07, 6.45) is 0. The van der Waals surface area contributed by atoms with Crippen LogP contribution in [0.25, 0.3) is 0 Å². The van der Waals surface area contributed by atoms with Crippen molar-refractivity contribution in [2.45, 2.75) is 6.04 Å². The lowest BCUT2D eigenvalue weighted by Crippen LogP contribution is -2.28. The summed E-state index contributed by atoms with van der Waals surface area (Å²) in [5.41, 5.74) is 5.01. The summed E-state index contributed by atoms with van der Waals surface area (Å²) in [6.45, 7) is 0. The van der Waals surface area contributed by atoms with Crippen LogP contribution in [0.1, 0.15) is 17.2 Å². The standard InChI is InChI=1S/C13H12BrClN2/c14-11-5-1-9(2-6-11)13(17-16)10-3-7-12(15)8-4-10/h1-8,13,17H,16H2. The van der Waals surface area contributed by atoms with Crippen LogP contribution in [0, 0.1) is 0 Å². The molecule has 1 unspecified atom stereocenters. The third-order valence-corrected chi connectivity index (χ3v) is 3.35. The molecule has 0 aliphatic rings. The van der Waals surface area contributed by atoms with E-state index in [4.69, 9.17) is 17.4 Å². The van der Waals surface area contributed by atoms with Crippen molar-refractivity contribution < 1.29 is 0 Å². The largest absolute Gasteiger partial charge is 0.271 e. The highest BCUT2D eigenvalue weighted by molar-refractivity contribution is 9.10. The van der Waals surface area contributed by atoms with Crippen LogP contribution in [0.5, 0.6) is 0 Å². The van der Waals surface area contributed by atoms with E-state index >= 15 is 0 Å². The maximum atomic E-state index is 5.87. The smallest absolute Gasteiger partial charge is 0.0710 e. The molecule has 17 heavy (non-hydrogen) atoms. The van der Waals surface area contributed by atoms with Crippen molar-refractivity contribution in [2.24, 2.45) is 5.84 Å². The average molecular weight is 312 g/mol. The van der Waals surface area contributed by atoms with Crippen LogP contribution < -0.4 is 11.3 Å². The fourth-order valence-corrected chi connectivity index (χ4v) is 2.09. The van der Waals surface area contributed by atoms with E-state index in [-0.39, 0.29) is 6.04 Å². The highest BCUT2D eigenvalue weighted by Crippen LogP contribution is 2.24. The molecule has 0 bridgehead atoms. The Bertz CT molecular complexity index is 436. The van der Waals surface area contributed by atoms with E-state index in [1.165, 1.54) is 0 Å². The number of hydrogen-bond donors (Lipinski definition) is 2. The van der Waals surface area contributed by atoms with Gasteiger partial charge in [-0.3, -0.25) is 5.84 Å². The second kappa shape index (κ2) is 5.65. The minimum absolute atomic E-state index is 0.0274. The zero-order valence-electron chi connectivity index (χ0n) is 9.03. The van der Waals surface area contributed by atoms with Gasteiger partial charge in [0.25, 0.3) is 0 Å². The zero-order chi connectivity index (χ0) is 12.3. The summed E-state index contributed by atoms with van der Waals surface area (Å²) in [5.74, 6) is 5.62.